The first-order valence-electron chi connectivity index (χ1n) is 7.38. The summed E-state index contributed by atoms with van der Waals surface area (Å²) < 4.78 is 5.54. The highest BCUT2D eigenvalue weighted by Gasteiger charge is 2.40. The molecule has 0 bridgehead atoms. The van der Waals surface area contributed by atoms with E-state index in [1.165, 1.54) is 19.4 Å². The van der Waals surface area contributed by atoms with Crippen molar-refractivity contribution in [3.8, 4) is 0 Å². The zero-order valence-corrected chi connectivity index (χ0v) is 12.8. The summed E-state index contributed by atoms with van der Waals surface area (Å²) in [7, 11) is 1.82. The molecule has 1 aliphatic carbocycles. The van der Waals surface area contributed by atoms with Crippen molar-refractivity contribution in [2.45, 2.75) is 64.1 Å². The number of hydrogen-bond acceptors (Lipinski definition) is 3. The maximum absolute atomic E-state index is 5.54. The first-order chi connectivity index (χ1) is 8.34. The Labute approximate surface area is 112 Å². The summed E-state index contributed by atoms with van der Waals surface area (Å²) in [5.74, 6) is 0.944. The van der Waals surface area contributed by atoms with E-state index in [1.807, 2.05) is 7.11 Å². The summed E-state index contributed by atoms with van der Waals surface area (Å²) in [4.78, 5) is 2.66. The second-order valence-electron chi connectivity index (χ2n) is 7.30. The van der Waals surface area contributed by atoms with E-state index in [0.717, 1.165) is 31.5 Å². The Balaban J connectivity index is 1.90. The Morgan fingerprint density at radius 2 is 2.00 bits per heavy atom. The molecule has 1 saturated heterocycles. The lowest BCUT2D eigenvalue weighted by atomic mass is 9.94. The predicted molar refractivity (Wildman–Crippen MR) is 75.9 cm³/mol. The normalized spacial score (nSPS) is 29.5. The van der Waals surface area contributed by atoms with Crippen LogP contribution in [0.4, 0.5) is 0 Å². The summed E-state index contributed by atoms with van der Waals surface area (Å²) in [5.41, 5.74) is 0.269. The van der Waals surface area contributed by atoms with Gasteiger partial charge < -0.3 is 10.1 Å². The predicted octanol–water partition coefficient (Wildman–Crippen LogP) is 2.26. The number of rotatable bonds is 5. The van der Waals surface area contributed by atoms with Gasteiger partial charge in [-0.3, -0.25) is 4.90 Å². The minimum absolute atomic E-state index is 0.00394. The van der Waals surface area contributed by atoms with Crippen molar-refractivity contribution in [1.29, 1.82) is 0 Å². The molecule has 0 radical (unpaired) electrons. The van der Waals surface area contributed by atoms with E-state index in [1.54, 1.807) is 0 Å². The van der Waals surface area contributed by atoms with Crippen molar-refractivity contribution >= 4 is 0 Å². The lowest BCUT2D eigenvalue weighted by Crippen LogP contribution is -2.63. The van der Waals surface area contributed by atoms with Crippen molar-refractivity contribution in [2.24, 2.45) is 5.92 Å². The lowest BCUT2D eigenvalue weighted by molar-refractivity contribution is -0.0120. The van der Waals surface area contributed by atoms with Gasteiger partial charge in [0.05, 0.1) is 5.60 Å². The third-order valence-corrected chi connectivity index (χ3v) is 4.80. The Morgan fingerprint density at radius 3 is 2.56 bits per heavy atom. The van der Waals surface area contributed by atoms with Gasteiger partial charge >= 0.3 is 0 Å². The number of piperazine rings is 1. The van der Waals surface area contributed by atoms with Crippen LogP contribution in [-0.2, 0) is 4.74 Å². The van der Waals surface area contributed by atoms with E-state index in [0.29, 0.717) is 0 Å². The Morgan fingerprint density at radius 1 is 1.33 bits per heavy atom. The van der Waals surface area contributed by atoms with Crippen molar-refractivity contribution in [2.75, 3.05) is 26.7 Å². The fourth-order valence-corrected chi connectivity index (χ4v) is 2.76. The fourth-order valence-electron chi connectivity index (χ4n) is 2.76. The van der Waals surface area contributed by atoms with Gasteiger partial charge in [-0.1, -0.05) is 0 Å². The number of ether oxygens (including phenoxy) is 1. The van der Waals surface area contributed by atoms with Crippen LogP contribution in [0.1, 0.15) is 47.0 Å². The summed E-state index contributed by atoms with van der Waals surface area (Å²) in [6, 6.07) is 0.726. The average molecular weight is 254 g/mol. The lowest BCUT2D eigenvalue weighted by Gasteiger charge is -2.47. The number of nitrogens with zero attached hydrogens (tertiary/aromatic N) is 1. The summed E-state index contributed by atoms with van der Waals surface area (Å²) in [5, 5.41) is 3.74. The quantitative estimate of drug-likeness (QED) is 0.814. The number of methoxy groups -OCH3 is 1. The monoisotopic (exact) mass is 254 g/mol. The highest BCUT2D eigenvalue weighted by atomic mass is 16.5. The van der Waals surface area contributed by atoms with Crippen LogP contribution in [0.2, 0.25) is 0 Å². The van der Waals surface area contributed by atoms with Crippen LogP contribution >= 0.6 is 0 Å². The van der Waals surface area contributed by atoms with Gasteiger partial charge in [0.15, 0.2) is 0 Å². The molecule has 2 rings (SSSR count). The van der Waals surface area contributed by atoms with Crippen molar-refractivity contribution in [3.05, 3.63) is 0 Å². The van der Waals surface area contributed by atoms with Crippen molar-refractivity contribution in [1.82, 2.24) is 10.2 Å². The van der Waals surface area contributed by atoms with E-state index in [2.05, 4.69) is 37.9 Å². The molecular formula is C15H30N2O. The van der Waals surface area contributed by atoms with E-state index < -0.39 is 0 Å². The van der Waals surface area contributed by atoms with Crippen molar-refractivity contribution in [3.63, 3.8) is 0 Å². The largest absolute Gasteiger partial charge is 0.379 e. The van der Waals surface area contributed by atoms with Crippen molar-refractivity contribution < 1.29 is 4.74 Å². The maximum Gasteiger partial charge on any atom is 0.0634 e. The molecule has 0 aromatic heterocycles. The molecule has 3 nitrogen and oxygen atoms in total. The minimum Gasteiger partial charge on any atom is -0.379 e. The van der Waals surface area contributed by atoms with Gasteiger partial charge in [0.25, 0.3) is 0 Å². The van der Waals surface area contributed by atoms with Crippen LogP contribution in [-0.4, -0.2) is 48.8 Å². The molecule has 2 aliphatic rings. The Bertz CT molecular complexity index is 284. The zero-order valence-electron chi connectivity index (χ0n) is 12.8. The van der Waals surface area contributed by atoms with Crippen LogP contribution in [0.15, 0.2) is 0 Å². The molecule has 0 aromatic rings. The molecule has 0 aromatic carbocycles. The molecule has 1 N–H and O–H groups in total. The second kappa shape index (κ2) is 5.10. The summed E-state index contributed by atoms with van der Waals surface area (Å²) in [6.45, 7) is 12.5. The summed E-state index contributed by atoms with van der Waals surface area (Å²) >= 11 is 0. The first kappa shape index (κ1) is 14.3. The zero-order chi connectivity index (χ0) is 13.4. The topological polar surface area (TPSA) is 24.5 Å². The number of hydrogen-bond donors (Lipinski definition) is 1. The van der Waals surface area contributed by atoms with Gasteiger partial charge in [0.1, 0.15) is 0 Å². The van der Waals surface area contributed by atoms with Crippen LogP contribution in [0.5, 0.6) is 0 Å². The van der Waals surface area contributed by atoms with Gasteiger partial charge in [0, 0.05) is 38.3 Å². The van der Waals surface area contributed by atoms with Gasteiger partial charge in [-0.25, -0.2) is 0 Å². The molecule has 106 valence electrons. The SMILES string of the molecule is COC(C)(C)CCN1CC(C2CC2)NCC1(C)C. The van der Waals surface area contributed by atoms with E-state index >= 15 is 0 Å². The molecule has 1 atom stereocenters. The van der Waals surface area contributed by atoms with Gasteiger partial charge in [-0.15, -0.1) is 0 Å². The molecule has 0 amide bonds. The van der Waals surface area contributed by atoms with E-state index in [9.17, 15) is 0 Å². The van der Waals surface area contributed by atoms with Crippen LogP contribution in [0, 0.1) is 5.92 Å². The average Bonchev–Trinajstić information content (AvgIpc) is 3.11. The molecule has 18 heavy (non-hydrogen) atoms. The third-order valence-electron chi connectivity index (χ3n) is 4.80. The number of nitrogens with one attached hydrogen (secondary N) is 1. The summed E-state index contributed by atoms with van der Waals surface area (Å²) in [6.07, 6.45) is 3.95. The Kier molecular flexibility index (Phi) is 4.05. The van der Waals surface area contributed by atoms with E-state index in [-0.39, 0.29) is 11.1 Å². The smallest absolute Gasteiger partial charge is 0.0634 e. The molecule has 1 heterocycles. The molecule has 1 unspecified atom stereocenters. The molecule has 0 spiro atoms. The second-order valence-corrected chi connectivity index (χ2v) is 7.30. The minimum atomic E-state index is -0.00394. The molecule has 3 heteroatoms. The van der Waals surface area contributed by atoms with Gasteiger partial charge in [-0.2, -0.15) is 0 Å². The molecule has 2 fully saturated rings. The van der Waals surface area contributed by atoms with Gasteiger partial charge in [-0.05, 0) is 52.9 Å². The molecule has 1 aliphatic heterocycles. The highest BCUT2D eigenvalue weighted by Crippen LogP contribution is 2.35. The maximum atomic E-state index is 5.54. The van der Waals surface area contributed by atoms with E-state index in [4.69, 9.17) is 4.74 Å². The standard InChI is InChI=1S/C15H30N2O/c1-14(2)11-16-13(12-6-7-12)10-17(14)9-8-15(3,4)18-5/h12-13,16H,6-11H2,1-5H3. The third kappa shape index (κ3) is 3.46. The molecule has 1 saturated carbocycles. The van der Waals surface area contributed by atoms with Crippen LogP contribution in [0.3, 0.4) is 0 Å². The highest BCUT2D eigenvalue weighted by molar-refractivity contribution is 4.98. The van der Waals surface area contributed by atoms with Crippen LogP contribution < -0.4 is 5.32 Å². The Hall–Kier alpha value is -0.120. The van der Waals surface area contributed by atoms with Gasteiger partial charge in [0.2, 0.25) is 0 Å². The first-order valence-corrected chi connectivity index (χ1v) is 7.38. The fraction of sp³-hybridized carbons (Fsp3) is 1.00. The molecular weight excluding hydrogens is 224 g/mol. The van der Waals surface area contributed by atoms with Crippen LogP contribution in [0.25, 0.3) is 0 Å².